The number of imidazole rings is 1. The molecule has 6 heteroatoms. The third-order valence-corrected chi connectivity index (χ3v) is 7.95. The van der Waals surface area contributed by atoms with Gasteiger partial charge in [0, 0.05) is 31.0 Å². The number of rotatable bonds is 10. The summed E-state index contributed by atoms with van der Waals surface area (Å²) < 4.78 is 10.8. The van der Waals surface area contributed by atoms with Crippen molar-refractivity contribution in [2.45, 2.75) is 44.1 Å². The molecule has 2 aromatic carbocycles. The van der Waals surface area contributed by atoms with Gasteiger partial charge in [0.25, 0.3) is 0 Å². The topological polar surface area (TPSA) is 70.6 Å². The molecule has 3 aliphatic carbocycles. The van der Waals surface area contributed by atoms with Crippen molar-refractivity contribution in [3.63, 3.8) is 0 Å². The van der Waals surface area contributed by atoms with Crippen molar-refractivity contribution in [1.29, 1.82) is 0 Å². The van der Waals surface area contributed by atoms with Crippen LogP contribution in [0.15, 0.2) is 48.5 Å². The van der Waals surface area contributed by atoms with Crippen molar-refractivity contribution in [1.82, 2.24) is 14.9 Å². The summed E-state index contributed by atoms with van der Waals surface area (Å²) in [5.41, 5.74) is 3.96. The van der Waals surface area contributed by atoms with Gasteiger partial charge in [0.2, 0.25) is 0 Å². The van der Waals surface area contributed by atoms with E-state index in [4.69, 9.17) is 14.5 Å². The Morgan fingerprint density at radius 2 is 1.94 bits per heavy atom. The van der Waals surface area contributed by atoms with Gasteiger partial charge in [0.05, 0.1) is 25.3 Å². The van der Waals surface area contributed by atoms with E-state index in [1.165, 1.54) is 17.6 Å². The lowest BCUT2D eigenvalue weighted by Gasteiger charge is -2.48. The number of hydrogen-bond donors (Lipinski definition) is 2. The van der Waals surface area contributed by atoms with Gasteiger partial charge in [-0.25, -0.2) is 4.98 Å². The summed E-state index contributed by atoms with van der Waals surface area (Å²) in [6.45, 7) is 1.87. The number of fused-ring (bicyclic) bond motifs is 3. The molecule has 6 nitrogen and oxygen atoms in total. The number of H-pyrrole nitrogens is 1. The van der Waals surface area contributed by atoms with Crippen molar-refractivity contribution in [3.8, 4) is 11.5 Å². The number of benzene rings is 2. The Morgan fingerprint density at radius 3 is 2.66 bits per heavy atom. The molecule has 1 saturated carbocycles. The third-order valence-electron chi connectivity index (χ3n) is 7.95. The van der Waals surface area contributed by atoms with Crippen LogP contribution in [-0.4, -0.2) is 59.9 Å². The highest BCUT2D eigenvalue weighted by Crippen LogP contribution is 2.51. The number of ether oxygens (including phenoxy) is 2. The number of aromatic nitrogens is 2. The SMILES string of the molecule is COc1cc(OC)c2nc(CCCN(C)CC[C@]3(O)C[C@H]4CC[C@H]3C=C4c3ccccc3)[nH]c2c1. The maximum absolute atomic E-state index is 11.5. The Labute approximate surface area is 208 Å². The van der Waals surface area contributed by atoms with E-state index in [2.05, 4.69) is 53.3 Å². The molecule has 2 bridgehead atoms. The Morgan fingerprint density at radius 1 is 1.11 bits per heavy atom. The largest absolute Gasteiger partial charge is 0.497 e. The monoisotopic (exact) mass is 475 g/mol. The van der Waals surface area contributed by atoms with Crippen molar-refractivity contribution >= 4 is 16.6 Å². The van der Waals surface area contributed by atoms with Gasteiger partial charge in [0.15, 0.2) is 0 Å². The van der Waals surface area contributed by atoms with E-state index in [0.717, 1.165) is 73.6 Å². The maximum Gasteiger partial charge on any atom is 0.150 e. The molecule has 1 heterocycles. The summed E-state index contributed by atoms with van der Waals surface area (Å²) in [5.74, 6) is 3.17. The second-order valence-electron chi connectivity index (χ2n) is 10.2. The van der Waals surface area contributed by atoms with Crippen LogP contribution in [-0.2, 0) is 6.42 Å². The summed E-state index contributed by atoms with van der Waals surface area (Å²) in [7, 11) is 5.46. The van der Waals surface area contributed by atoms with Crippen LogP contribution in [0.25, 0.3) is 16.6 Å². The van der Waals surface area contributed by atoms with Gasteiger partial charge in [-0.1, -0.05) is 36.4 Å². The first-order chi connectivity index (χ1) is 17.0. The molecule has 6 rings (SSSR count). The summed E-state index contributed by atoms with van der Waals surface area (Å²) >= 11 is 0. The molecule has 0 unspecified atom stereocenters. The number of aryl methyl sites for hydroxylation is 1. The highest BCUT2D eigenvalue weighted by atomic mass is 16.5. The van der Waals surface area contributed by atoms with Gasteiger partial charge >= 0.3 is 0 Å². The predicted molar refractivity (Wildman–Crippen MR) is 140 cm³/mol. The highest BCUT2D eigenvalue weighted by molar-refractivity contribution is 5.83. The van der Waals surface area contributed by atoms with Gasteiger partial charge in [-0.2, -0.15) is 0 Å². The van der Waals surface area contributed by atoms with Crippen molar-refractivity contribution in [2.24, 2.45) is 11.8 Å². The molecule has 0 amide bonds. The van der Waals surface area contributed by atoms with Gasteiger partial charge < -0.3 is 24.5 Å². The van der Waals surface area contributed by atoms with Crippen molar-refractivity contribution < 1.29 is 14.6 Å². The lowest BCUT2D eigenvalue weighted by atomic mass is 9.61. The molecule has 0 radical (unpaired) electrons. The summed E-state index contributed by atoms with van der Waals surface area (Å²) in [4.78, 5) is 10.5. The molecule has 3 aliphatic rings. The fraction of sp³-hybridized carbons (Fsp3) is 0.483. The first-order valence-electron chi connectivity index (χ1n) is 12.8. The zero-order valence-electron chi connectivity index (χ0n) is 21.1. The van der Waals surface area contributed by atoms with Crippen molar-refractivity contribution in [2.75, 3.05) is 34.4 Å². The number of nitrogens with zero attached hydrogens (tertiary/aromatic N) is 2. The molecule has 1 aromatic heterocycles. The minimum Gasteiger partial charge on any atom is -0.497 e. The maximum atomic E-state index is 11.5. The van der Waals surface area contributed by atoms with E-state index in [9.17, 15) is 5.11 Å². The molecule has 2 N–H and O–H groups in total. The smallest absolute Gasteiger partial charge is 0.150 e. The molecule has 3 aromatic rings. The van der Waals surface area contributed by atoms with E-state index >= 15 is 0 Å². The lowest BCUT2D eigenvalue weighted by molar-refractivity contribution is -0.0574. The Bertz CT molecular complexity index is 1190. The Kier molecular flexibility index (Phi) is 6.85. The van der Waals surface area contributed by atoms with E-state index in [0.29, 0.717) is 5.92 Å². The fourth-order valence-corrected chi connectivity index (χ4v) is 5.95. The third kappa shape index (κ3) is 4.95. The molecular formula is C29H37N3O3. The molecule has 35 heavy (non-hydrogen) atoms. The van der Waals surface area contributed by atoms with Crippen LogP contribution in [0.4, 0.5) is 0 Å². The van der Waals surface area contributed by atoms with E-state index in [-0.39, 0.29) is 5.92 Å². The Hall–Kier alpha value is -2.83. The number of nitrogens with one attached hydrogen (secondary N) is 1. The van der Waals surface area contributed by atoms with Gasteiger partial charge in [0.1, 0.15) is 22.8 Å². The second kappa shape index (κ2) is 10.0. The number of hydrogen-bond acceptors (Lipinski definition) is 5. The normalized spacial score (nSPS) is 23.6. The van der Waals surface area contributed by atoms with Gasteiger partial charge in [-0.3, -0.25) is 0 Å². The van der Waals surface area contributed by atoms with Crippen LogP contribution < -0.4 is 9.47 Å². The summed E-state index contributed by atoms with van der Waals surface area (Å²) in [5, 5.41) is 11.5. The zero-order chi connectivity index (χ0) is 24.4. The molecule has 3 atom stereocenters. The van der Waals surface area contributed by atoms with E-state index in [1.807, 2.05) is 12.1 Å². The van der Waals surface area contributed by atoms with Crippen LogP contribution in [0.5, 0.6) is 11.5 Å². The molecule has 0 spiro atoms. The number of methoxy groups -OCH3 is 2. The first-order valence-corrected chi connectivity index (χ1v) is 12.8. The minimum atomic E-state index is -0.580. The summed E-state index contributed by atoms with van der Waals surface area (Å²) in [6, 6.07) is 14.5. The Balaban J connectivity index is 1.14. The van der Waals surface area contributed by atoms with Crippen LogP contribution >= 0.6 is 0 Å². The molecule has 0 aliphatic heterocycles. The van der Waals surface area contributed by atoms with Crippen LogP contribution in [0.1, 0.15) is 43.5 Å². The predicted octanol–water partition coefficient (Wildman–Crippen LogP) is 5.08. The minimum absolute atomic E-state index is 0.263. The second-order valence-corrected chi connectivity index (χ2v) is 10.2. The molecule has 186 valence electrons. The quantitative estimate of drug-likeness (QED) is 0.428. The van der Waals surface area contributed by atoms with Crippen LogP contribution in [0.2, 0.25) is 0 Å². The first kappa shape index (κ1) is 23.9. The van der Waals surface area contributed by atoms with Gasteiger partial charge in [-0.15, -0.1) is 0 Å². The number of allylic oxidation sites excluding steroid dienone is 1. The van der Waals surface area contributed by atoms with Crippen molar-refractivity contribution in [3.05, 3.63) is 59.9 Å². The number of aliphatic hydroxyl groups is 1. The standard InChI is InChI=1S/C29H37N3O3/c1-32(14-7-10-27-30-25-17-23(34-2)18-26(35-3)28(25)31-27)15-13-29(33)19-21-11-12-22(29)16-24(21)20-8-5-4-6-9-20/h4-6,8-9,16-18,21-22,33H,7,10-15,19H2,1-3H3,(H,30,31)/t21-,22+,29+/m1/s1. The molecule has 1 fully saturated rings. The van der Waals surface area contributed by atoms with E-state index in [1.54, 1.807) is 14.2 Å². The average Bonchev–Trinajstić information content (AvgIpc) is 3.30. The fourth-order valence-electron chi connectivity index (χ4n) is 5.95. The lowest BCUT2D eigenvalue weighted by Crippen LogP contribution is -2.48. The summed E-state index contributed by atoms with van der Waals surface area (Å²) in [6.07, 6.45) is 8.24. The number of aromatic amines is 1. The highest BCUT2D eigenvalue weighted by Gasteiger charge is 2.46. The molecular weight excluding hydrogens is 438 g/mol. The van der Waals surface area contributed by atoms with Gasteiger partial charge in [-0.05, 0) is 62.8 Å². The molecule has 0 saturated heterocycles. The van der Waals surface area contributed by atoms with Crippen LogP contribution in [0.3, 0.4) is 0 Å². The van der Waals surface area contributed by atoms with E-state index < -0.39 is 5.60 Å². The van der Waals surface area contributed by atoms with Crippen LogP contribution in [0, 0.1) is 11.8 Å². The zero-order valence-corrected chi connectivity index (χ0v) is 21.1. The average molecular weight is 476 g/mol.